The average Bonchev–Trinajstić information content (AvgIpc) is 3.15. The van der Waals surface area contributed by atoms with Gasteiger partial charge in [-0.25, -0.2) is 0 Å². The van der Waals surface area contributed by atoms with Crippen molar-refractivity contribution < 1.29 is 4.79 Å². The van der Waals surface area contributed by atoms with E-state index in [-0.39, 0.29) is 5.91 Å². The molecule has 0 aliphatic heterocycles. The highest BCUT2D eigenvalue weighted by Crippen LogP contribution is 2.28. The van der Waals surface area contributed by atoms with Crippen molar-refractivity contribution in [3.8, 4) is 0 Å². The molecule has 3 aromatic rings. The van der Waals surface area contributed by atoms with Crippen molar-refractivity contribution in [3.63, 3.8) is 0 Å². The van der Waals surface area contributed by atoms with Crippen molar-refractivity contribution >= 4 is 45.7 Å². The Bertz CT molecular complexity index is 772. The predicted octanol–water partition coefficient (Wildman–Crippen LogP) is 2.64. The van der Waals surface area contributed by atoms with Crippen LogP contribution in [0.5, 0.6) is 0 Å². The molecular formula is C12H10N6OS3. The molecule has 7 nitrogen and oxygen atoms in total. The molecule has 0 atom stereocenters. The molecule has 0 saturated carbocycles. The molecule has 0 bridgehead atoms. The van der Waals surface area contributed by atoms with Crippen molar-refractivity contribution in [1.82, 2.24) is 24.8 Å². The molecule has 0 fully saturated rings. The van der Waals surface area contributed by atoms with Crippen LogP contribution in [0.2, 0.25) is 0 Å². The van der Waals surface area contributed by atoms with E-state index in [1.807, 2.05) is 18.3 Å². The first-order valence-electron chi connectivity index (χ1n) is 6.18. The fourth-order valence-corrected chi connectivity index (χ4v) is 3.77. The van der Waals surface area contributed by atoms with Crippen LogP contribution < -0.4 is 5.32 Å². The molecule has 112 valence electrons. The van der Waals surface area contributed by atoms with Gasteiger partial charge in [0.25, 0.3) is 5.91 Å². The SMILES string of the molecule is Cc1nnsc1C(=O)Nc1nnc(SCc2cccnc2)s1. The highest BCUT2D eigenvalue weighted by atomic mass is 32.2. The fourth-order valence-electron chi connectivity index (χ4n) is 1.54. The first kappa shape index (κ1) is 15.0. The highest BCUT2D eigenvalue weighted by Gasteiger charge is 2.15. The van der Waals surface area contributed by atoms with Gasteiger partial charge in [0, 0.05) is 18.1 Å². The van der Waals surface area contributed by atoms with Crippen LogP contribution in [0.4, 0.5) is 5.13 Å². The van der Waals surface area contributed by atoms with Gasteiger partial charge in [0.05, 0.1) is 5.69 Å². The minimum absolute atomic E-state index is 0.257. The van der Waals surface area contributed by atoms with Crippen molar-refractivity contribution in [3.05, 3.63) is 40.7 Å². The lowest BCUT2D eigenvalue weighted by atomic mass is 10.3. The lowest BCUT2D eigenvalue weighted by Gasteiger charge is -1.97. The van der Waals surface area contributed by atoms with Crippen LogP contribution in [-0.2, 0) is 5.75 Å². The molecule has 1 amide bonds. The number of nitrogens with zero attached hydrogens (tertiary/aromatic N) is 5. The molecule has 0 unspecified atom stereocenters. The van der Waals surface area contributed by atoms with E-state index in [9.17, 15) is 4.79 Å². The van der Waals surface area contributed by atoms with Crippen LogP contribution in [-0.4, -0.2) is 30.7 Å². The van der Waals surface area contributed by atoms with Crippen molar-refractivity contribution in [2.75, 3.05) is 5.32 Å². The second-order valence-electron chi connectivity index (χ2n) is 4.16. The van der Waals surface area contributed by atoms with Gasteiger partial charge < -0.3 is 0 Å². The number of aryl methyl sites for hydroxylation is 1. The van der Waals surface area contributed by atoms with Crippen molar-refractivity contribution in [1.29, 1.82) is 0 Å². The Balaban J connectivity index is 1.59. The van der Waals surface area contributed by atoms with Gasteiger partial charge in [0.15, 0.2) is 4.34 Å². The quantitative estimate of drug-likeness (QED) is 0.558. The Morgan fingerprint density at radius 1 is 1.36 bits per heavy atom. The summed E-state index contributed by atoms with van der Waals surface area (Å²) in [7, 11) is 0. The molecular weight excluding hydrogens is 340 g/mol. The number of nitrogens with one attached hydrogen (secondary N) is 1. The molecule has 1 N–H and O–H groups in total. The van der Waals surface area contributed by atoms with Gasteiger partial charge in [-0.05, 0) is 30.1 Å². The number of hydrogen-bond donors (Lipinski definition) is 1. The number of carbonyl (C=O) groups excluding carboxylic acids is 1. The standard InChI is InChI=1S/C12H10N6OS3/c1-7-9(22-18-15-7)10(19)14-11-16-17-12(21-11)20-6-8-3-2-4-13-5-8/h2-5H,6H2,1H3,(H,14,16,19). The summed E-state index contributed by atoms with van der Waals surface area (Å²) < 4.78 is 4.53. The Labute approximate surface area is 138 Å². The maximum absolute atomic E-state index is 12.0. The van der Waals surface area contributed by atoms with Gasteiger partial charge in [-0.3, -0.25) is 15.1 Å². The number of amides is 1. The molecule has 22 heavy (non-hydrogen) atoms. The second-order valence-corrected chi connectivity index (χ2v) is 7.12. The molecule has 0 aromatic carbocycles. The maximum Gasteiger partial charge on any atom is 0.271 e. The molecule has 3 heterocycles. The van der Waals surface area contributed by atoms with Crippen LogP contribution in [0.1, 0.15) is 20.9 Å². The molecule has 0 aliphatic carbocycles. The normalized spacial score (nSPS) is 10.6. The zero-order valence-electron chi connectivity index (χ0n) is 11.4. The Kier molecular flexibility index (Phi) is 4.71. The zero-order chi connectivity index (χ0) is 15.4. The molecule has 10 heteroatoms. The van der Waals surface area contributed by atoms with Crippen LogP contribution in [0.25, 0.3) is 0 Å². The van der Waals surface area contributed by atoms with E-state index in [1.165, 1.54) is 11.3 Å². The Morgan fingerprint density at radius 2 is 2.27 bits per heavy atom. The number of anilines is 1. The van der Waals surface area contributed by atoms with E-state index in [4.69, 9.17) is 0 Å². The smallest absolute Gasteiger partial charge is 0.271 e. The molecule has 0 radical (unpaired) electrons. The monoisotopic (exact) mass is 350 g/mol. The van der Waals surface area contributed by atoms with Gasteiger partial charge in [-0.2, -0.15) is 0 Å². The van der Waals surface area contributed by atoms with Crippen LogP contribution in [0.3, 0.4) is 0 Å². The number of rotatable bonds is 5. The van der Waals surface area contributed by atoms with Crippen LogP contribution >= 0.6 is 34.6 Å². The van der Waals surface area contributed by atoms with Gasteiger partial charge in [0.2, 0.25) is 5.13 Å². The molecule has 3 rings (SSSR count). The van der Waals surface area contributed by atoms with Crippen LogP contribution in [0, 0.1) is 6.92 Å². The lowest BCUT2D eigenvalue weighted by molar-refractivity contribution is 0.102. The summed E-state index contributed by atoms with van der Waals surface area (Å²) >= 11 is 3.95. The van der Waals surface area contributed by atoms with Gasteiger partial charge in [0.1, 0.15) is 4.88 Å². The third kappa shape index (κ3) is 3.64. The second kappa shape index (κ2) is 6.90. The number of carbonyl (C=O) groups is 1. The summed E-state index contributed by atoms with van der Waals surface area (Å²) in [6, 6.07) is 3.90. The summed E-state index contributed by atoms with van der Waals surface area (Å²) in [6.45, 7) is 1.74. The summed E-state index contributed by atoms with van der Waals surface area (Å²) in [5, 5.41) is 15.0. The van der Waals surface area contributed by atoms with E-state index in [0.29, 0.717) is 15.7 Å². The van der Waals surface area contributed by atoms with Crippen molar-refractivity contribution in [2.45, 2.75) is 17.0 Å². The van der Waals surface area contributed by atoms with Gasteiger partial charge >= 0.3 is 0 Å². The number of hydrogen-bond acceptors (Lipinski definition) is 9. The van der Waals surface area contributed by atoms with E-state index >= 15 is 0 Å². The largest absolute Gasteiger partial charge is 0.296 e. The first-order valence-corrected chi connectivity index (χ1v) is 8.75. The number of pyridine rings is 1. The predicted molar refractivity (Wildman–Crippen MR) is 86.3 cm³/mol. The molecule has 0 aliphatic rings. The van der Waals surface area contributed by atoms with E-state index in [2.05, 4.69) is 30.1 Å². The topological polar surface area (TPSA) is 93.6 Å². The number of thioether (sulfide) groups is 1. The first-order chi connectivity index (χ1) is 10.7. The van der Waals surface area contributed by atoms with Gasteiger partial charge in [-0.1, -0.05) is 33.7 Å². The fraction of sp³-hybridized carbons (Fsp3) is 0.167. The summed E-state index contributed by atoms with van der Waals surface area (Å²) in [6.07, 6.45) is 3.55. The average molecular weight is 350 g/mol. The zero-order valence-corrected chi connectivity index (χ0v) is 13.8. The maximum atomic E-state index is 12.0. The summed E-state index contributed by atoms with van der Waals surface area (Å²) in [5.41, 5.74) is 1.72. The van der Waals surface area contributed by atoms with E-state index in [0.717, 1.165) is 27.2 Å². The molecule has 0 spiro atoms. The summed E-state index contributed by atoms with van der Waals surface area (Å²) in [5.74, 6) is 0.501. The third-order valence-electron chi connectivity index (χ3n) is 2.57. The van der Waals surface area contributed by atoms with E-state index < -0.39 is 0 Å². The van der Waals surface area contributed by atoms with Crippen LogP contribution in [0.15, 0.2) is 28.9 Å². The van der Waals surface area contributed by atoms with E-state index in [1.54, 1.807) is 24.9 Å². The Hall–Kier alpha value is -1.91. The highest BCUT2D eigenvalue weighted by molar-refractivity contribution is 8.00. The van der Waals surface area contributed by atoms with Crippen molar-refractivity contribution in [2.24, 2.45) is 0 Å². The minimum Gasteiger partial charge on any atom is -0.296 e. The van der Waals surface area contributed by atoms with Gasteiger partial charge in [-0.15, -0.1) is 15.3 Å². The minimum atomic E-state index is -0.257. The summed E-state index contributed by atoms with van der Waals surface area (Å²) in [4.78, 5) is 16.6. The molecule has 3 aromatic heterocycles. The number of aromatic nitrogens is 5. The third-order valence-corrected chi connectivity index (χ3v) is 5.44. The molecule has 0 saturated heterocycles. The Morgan fingerprint density at radius 3 is 3.00 bits per heavy atom. The lowest BCUT2D eigenvalue weighted by Crippen LogP contribution is -2.11.